The minimum absolute atomic E-state index is 0.230. The third-order valence-corrected chi connectivity index (χ3v) is 10.1. The van der Waals surface area contributed by atoms with Gasteiger partial charge in [0.1, 0.15) is 27.5 Å². The molecule has 0 aliphatic carbocycles. The second-order valence-corrected chi connectivity index (χ2v) is 14.2. The maximum absolute atomic E-state index is 13.7. The Morgan fingerprint density at radius 2 is 1.98 bits per heavy atom. The molecule has 0 radical (unpaired) electrons. The Morgan fingerprint density at radius 3 is 2.76 bits per heavy atom. The first-order valence-corrected chi connectivity index (χ1v) is 17.9. The van der Waals surface area contributed by atoms with E-state index in [1.807, 2.05) is 31.2 Å². The van der Waals surface area contributed by atoms with Crippen molar-refractivity contribution in [3.63, 3.8) is 0 Å². The zero-order valence-electron chi connectivity index (χ0n) is 26.9. The maximum atomic E-state index is 13.7. The molecule has 0 bridgehead atoms. The van der Waals surface area contributed by atoms with Crippen molar-refractivity contribution in [2.45, 2.75) is 26.3 Å². The second kappa shape index (κ2) is 14.8. The van der Waals surface area contributed by atoms with Crippen molar-refractivity contribution in [3.8, 4) is 11.8 Å². The molecule has 1 amide bonds. The number of nitrogens with one attached hydrogen (secondary N) is 3. The Labute approximate surface area is 283 Å². The number of carbonyl (C=O) groups excluding carboxylic acids is 1. The highest BCUT2D eigenvalue weighted by Crippen LogP contribution is 2.36. The molecule has 0 unspecified atom stereocenters. The number of nitrogens with zero attached hydrogens (tertiary/aromatic N) is 4. The highest BCUT2D eigenvalue weighted by Gasteiger charge is 2.23. The van der Waals surface area contributed by atoms with Crippen LogP contribution in [0.25, 0.3) is 21.8 Å². The SMILES string of the molecule is CCOc1cc2ncc(C#N)c(Nc3ccc4c(cnn4Cc4cccc(F)c4)c3)c2cc1NC(=O)/C=C/CNCC1CCS(=O)(=O)CC1. The lowest BCUT2D eigenvalue weighted by Gasteiger charge is -2.21. The summed E-state index contributed by atoms with van der Waals surface area (Å²) >= 11 is 0. The van der Waals surface area contributed by atoms with Crippen molar-refractivity contribution in [1.82, 2.24) is 20.1 Å². The average molecular weight is 682 g/mol. The van der Waals surface area contributed by atoms with E-state index in [1.54, 1.807) is 35.2 Å². The van der Waals surface area contributed by atoms with Crippen molar-refractivity contribution in [2.24, 2.45) is 5.92 Å². The quantitative estimate of drug-likeness (QED) is 0.111. The van der Waals surface area contributed by atoms with Gasteiger partial charge < -0.3 is 20.7 Å². The fourth-order valence-electron chi connectivity index (χ4n) is 5.91. The van der Waals surface area contributed by atoms with Crippen LogP contribution in [0.3, 0.4) is 0 Å². The number of fused-ring (bicyclic) bond motifs is 2. The number of aromatic nitrogens is 3. The van der Waals surface area contributed by atoms with E-state index in [0.29, 0.717) is 84.3 Å². The number of anilines is 3. The van der Waals surface area contributed by atoms with Crippen LogP contribution in [0.5, 0.6) is 5.75 Å². The third-order valence-electron chi connectivity index (χ3n) is 8.42. The molecule has 11 nitrogen and oxygen atoms in total. The summed E-state index contributed by atoms with van der Waals surface area (Å²) < 4.78 is 44.7. The molecule has 1 saturated heterocycles. The van der Waals surface area contributed by atoms with E-state index in [1.165, 1.54) is 24.4 Å². The molecule has 1 aliphatic heterocycles. The van der Waals surface area contributed by atoms with Crippen molar-refractivity contribution < 1.29 is 22.3 Å². The van der Waals surface area contributed by atoms with Gasteiger partial charge in [0.15, 0.2) is 0 Å². The minimum atomic E-state index is -2.89. The maximum Gasteiger partial charge on any atom is 0.248 e. The fraction of sp³-hybridized carbons (Fsp3) is 0.278. The van der Waals surface area contributed by atoms with Crippen LogP contribution >= 0.6 is 0 Å². The van der Waals surface area contributed by atoms with Gasteiger partial charge in [0.2, 0.25) is 5.91 Å². The van der Waals surface area contributed by atoms with E-state index in [4.69, 9.17) is 4.74 Å². The highest BCUT2D eigenvalue weighted by molar-refractivity contribution is 7.91. The molecule has 1 aliphatic rings. The number of sulfone groups is 1. The second-order valence-electron chi connectivity index (χ2n) is 11.9. The van der Waals surface area contributed by atoms with Gasteiger partial charge in [-0.15, -0.1) is 0 Å². The van der Waals surface area contributed by atoms with Crippen LogP contribution in [0.4, 0.5) is 21.5 Å². The Balaban J connectivity index is 1.19. The summed E-state index contributed by atoms with van der Waals surface area (Å²) in [5.74, 6) is 0.552. The number of pyridine rings is 1. The Morgan fingerprint density at radius 1 is 1.14 bits per heavy atom. The molecule has 2 aromatic heterocycles. The summed E-state index contributed by atoms with van der Waals surface area (Å²) in [4.78, 5) is 17.4. The lowest BCUT2D eigenvalue weighted by atomic mass is 10.0. The summed E-state index contributed by atoms with van der Waals surface area (Å²) in [6.07, 6.45) is 7.69. The van der Waals surface area contributed by atoms with Crippen LogP contribution in [0, 0.1) is 23.1 Å². The number of carbonyl (C=O) groups is 1. The smallest absolute Gasteiger partial charge is 0.248 e. The van der Waals surface area contributed by atoms with Gasteiger partial charge in [-0.05, 0) is 74.2 Å². The van der Waals surface area contributed by atoms with Gasteiger partial charge in [-0.25, -0.2) is 12.8 Å². The number of hydrogen-bond acceptors (Lipinski definition) is 9. The Bertz CT molecular complexity index is 2180. The molecule has 3 aromatic carbocycles. The van der Waals surface area contributed by atoms with Crippen molar-refractivity contribution in [1.29, 1.82) is 5.26 Å². The van der Waals surface area contributed by atoms with Crippen molar-refractivity contribution in [3.05, 3.63) is 96.1 Å². The zero-order chi connectivity index (χ0) is 34.4. The predicted molar refractivity (Wildman–Crippen MR) is 188 cm³/mol. The molecule has 13 heteroatoms. The van der Waals surface area contributed by atoms with Gasteiger partial charge in [0.25, 0.3) is 0 Å². The molecular weight excluding hydrogens is 646 g/mol. The van der Waals surface area contributed by atoms with E-state index < -0.39 is 9.84 Å². The van der Waals surface area contributed by atoms with Crippen LogP contribution < -0.4 is 20.7 Å². The standard InChI is InChI=1S/C36H36FN7O4S/c1-2-48-34-18-31-30(17-32(34)43-35(45)7-4-12-39-20-24-10-13-49(46,47)14-11-24)36(27(19-38)21-40-31)42-29-8-9-33-26(16-29)22-41-44(33)23-25-5-3-6-28(37)15-25/h3-9,15-18,21-22,24,39H,2,10-14,20,23H2,1H3,(H,40,42)(H,43,45)/b7-4+. The molecule has 3 N–H and O–H groups in total. The number of hydrogen-bond donors (Lipinski definition) is 3. The number of amides is 1. The van der Waals surface area contributed by atoms with Crippen LogP contribution in [0.1, 0.15) is 30.9 Å². The average Bonchev–Trinajstić information content (AvgIpc) is 3.47. The molecule has 49 heavy (non-hydrogen) atoms. The van der Waals surface area contributed by atoms with Gasteiger partial charge in [0, 0.05) is 41.3 Å². The number of nitriles is 1. The van der Waals surface area contributed by atoms with Crippen LogP contribution in [-0.2, 0) is 21.2 Å². The highest BCUT2D eigenvalue weighted by atomic mass is 32.2. The van der Waals surface area contributed by atoms with Crippen LogP contribution in [0.15, 0.2) is 79.1 Å². The van der Waals surface area contributed by atoms with E-state index in [-0.39, 0.29) is 23.2 Å². The van der Waals surface area contributed by atoms with Gasteiger partial charge in [-0.2, -0.15) is 10.4 Å². The molecule has 0 saturated carbocycles. The van der Waals surface area contributed by atoms with Crippen LogP contribution in [-0.4, -0.2) is 60.3 Å². The monoisotopic (exact) mass is 681 g/mol. The first-order chi connectivity index (χ1) is 23.7. The van der Waals surface area contributed by atoms with Gasteiger partial charge in [-0.1, -0.05) is 18.2 Å². The molecule has 6 rings (SSSR count). The molecule has 0 spiro atoms. The summed E-state index contributed by atoms with van der Waals surface area (Å²) in [5, 5.41) is 25.5. The third kappa shape index (κ3) is 8.22. The topological polar surface area (TPSA) is 151 Å². The lowest BCUT2D eigenvalue weighted by molar-refractivity contribution is -0.111. The van der Waals surface area contributed by atoms with Gasteiger partial charge in [0.05, 0.1) is 58.8 Å². The summed E-state index contributed by atoms with van der Waals surface area (Å²) in [7, 11) is -2.89. The number of ether oxygens (including phenoxy) is 1. The largest absolute Gasteiger partial charge is 0.492 e. The van der Waals surface area contributed by atoms with Crippen LogP contribution in [0.2, 0.25) is 0 Å². The number of rotatable bonds is 12. The summed E-state index contributed by atoms with van der Waals surface area (Å²) in [6.45, 7) is 3.78. The van der Waals surface area contributed by atoms with Crippen molar-refractivity contribution in [2.75, 3.05) is 41.8 Å². The summed E-state index contributed by atoms with van der Waals surface area (Å²) in [5.41, 5.74) is 4.22. The molecule has 0 atom stereocenters. The van der Waals surface area contributed by atoms with E-state index in [2.05, 4.69) is 32.1 Å². The predicted octanol–water partition coefficient (Wildman–Crippen LogP) is 5.69. The molecule has 3 heterocycles. The van der Waals surface area contributed by atoms with Gasteiger partial charge >= 0.3 is 0 Å². The van der Waals surface area contributed by atoms with E-state index in [9.17, 15) is 22.9 Å². The fourth-order valence-corrected chi connectivity index (χ4v) is 7.50. The first kappa shape index (κ1) is 33.6. The Kier molecular flexibility index (Phi) is 10.2. The zero-order valence-corrected chi connectivity index (χ0v) is 27.8. The normalized spacial score (nSPS) is 14.6. The molecule has 5 aromatic rings. The minimum Gasteiger partial charge on any atom is -0.492 e. The molecular formula is C36H36FN7O4S. The molecule has 1 fully saturated rings. The van der Waals surface area contributed by atoms with E-state index in [0.717, 1.165) is 16.5 Å². The van der Waals surface area contributed by atoms with Crippen molar-refractivity contribution >= 4 is 54.6 Å². The molecule has 252 valence electrons. The van der Waals surface area contributed by atoms with Gasteiger partial charge in [-0.3, -0.25) is 14.5 Å². The lowest BCUT2D eigenvalue weighted by Crippen LogP contribution is -2.31. The Hall–Kier alpha value is -5.32. The number of benzene rings is 3. The summed E-state index contributed by atoms with van der Waals surface area (Å²) in [6, 6.07) is 17.8. The number of halogens is 1. The first-order valence-electron chi connectivity index (χ1n) is 16.1. The van der Waals surface area contributed by atoms with E-state index >= 15 is 0 Å².